The van der Waals surface area contributed by atoms with Gasteiger partial charge in [0.2, 0.25) is 0 Å². The van der Waals surface area contributed by atoms with Crippen molar-refractivity contribution < 1.29 is 9.47 Å². The van der Waals surface area contributed by atoms with Crippen molar-refractivity contribution in [2.24, 2.45) is 4.99 Å². The summed E-state index contributed by atoms with van der Waals surface area (Å²) in [6.07, 6.45) is 3.85. The van der Waals surface area contributed by atoms with Gasteiger partial charge in [-0.1, -0.05) is 13.3 Å². The molecule has 0 bridgehead atoms. The van der Waals surface area contributed by atoms with Gasteiger partial charge in [0.15, 0.2) is 0 Å². The van der Waals surface area contributed by atoms with Gasteiger partial charge in [-0.05, 0) is 42.8 Å². The van der Waals surface area contributed by atoms with E-state index in [0.29, 0.717) is 12.2 Å². The molecule has 2 aromatic rings. The Hall–Kier alpha value is -2.80. The van der Waals surface area contributed by atoms with E-state index in [2.05, 4.69) is 18.0 Å². The van der Waals surface area contributed by atoms with E-state index < -0.39 is 0 Å². The van der Waals surface area contributed by atoms with Crippen LogP contribution in [-0.4, -0.2) is 19.9 Å². The second-order valence-corrected chi connectivity index (χ2v) is 5.02. The molecule has 2 aromatic carbocycles. The van der Waals surface area contributed by atoms with Crippen LogP contribution >= 0.6 is 0 Å². The second kappa shape index (κ2) is 8.60. The number of unbranched alkanes of at least 4 members (excludes halogenated alkanes) is 1. The van der Waals surface area contributed by atoms with Crippen LogP contribution in [0.25, 0.3) is 0 Å². The SMILES string of the molecule is CCCCOc1cc(OC)ccc1/C=N/c1ccc(C#N)cc1. The molecule has 23 heavy (non-hydrogen) atoms. The van der Waals surface area contributed by atoms with E-state index in [1.807, 2.05) is 30.3 Å². The first-order chi connectivity index (χ1) is 11.3. The quantitative estimate of drug-likeness (QED) is 0.559. The molecule has 0 unspecified atom stereocenters. The van der Waals surface area contributed by atoms with Gasteiger partial charge in [0.25, 0.3) is 0 Å². The molecule has 0 aromatic heterocycles. The number of nitriles is 1. The zero-order chi connectivity index (χ0) is 16.5. The first-order valence-corrected chi connectivity index (χ1v) is 7.62. The molecule has 0 saturated heterocycles. The summed E-state index contributed by atoms with van der Waals surface area (Å²) in [5.41, 5.74) is 2.31. The molecule has 2 rings (SSSR count). The first kappa shape index (κ1) is 16.6. The molecule has 0 amide bonds. The van der Waals surface area contributed by atoms with Crippen molar-refractivity contribution in [3.8, 4) is 17.6 Å². The van der Waals surface area contributed by atoms with Gasteiger partial charge in [-0.3, -0.25) is 4.99 Å². The third kappa shape index (κ3) is 4.86. The lowest BCUT2D eigenvalue weighted by atomic mass is 10.2. The van der Waals surface area contributed by atoms with Crippen LogP contribution in [-0.2, 0) is 0 Å². The second-order valence-electron chi connectivity index (χ2n) is 5.02. The third-order valence-corrected chi connectivity index (χ3v) is 3.33. The normalized spacial score (nSPS) is 10.5. The van der Waals surface area contributed by atoms with E-state index in [-0.39, 0.29) is 0 Å². The number of rotatable bonds is 7. The van der Waals surface area contributed by atoms with Crippen molar-refractivity contribution in [1.29, 1.82) is 5.26 Å². The predicted octanol–water partition coefficient (Wildman–Crippen LogP) is 4.50. The summed E-state index contributed by atoms with van der Waals surface area (Å²) >= 11 is 0. The minimum Gasteiger partial charge on any atom is -0.497 e. The number of ether oxygens (including phenoxy) is 2. The molecule has 4 nitrogen and oxygen atoms in total. The van der Waals surface area contributed by atoms with Gasteiger partial charge in [0.05, 0.1) is 31.0 Å². The molecular weight excluding hydrogens is 288 g/mol. The highest BCUT2D eigenvalue weighted by Crippen LogP contribution is 2.24. The number of benzene rings is 2. The van der Waals surface area contributed by atoms with Gasteiger partial charge in [-0.25, -0.2) is 0 Å². The fourth-order valence-corrected chi connectivity index (χ4v) is 1.97. The minimum absolute atomic E-state index is 0.622. The van der Waals surface area contributed by atoms with E-state index in [1.165, 1.54) is 0 Å². The average molecular weight is 308 g/mol. The van der Waals surface area contributed by atoms with Gasteiger partial charge < -0.3 is 9.47 Å². The van der Waals surface area contributed by atoms with Crippen LogP contribution in [0.15, 0.2) is 47.5 Å². The maximum Gasteiger partial charge on any atom is 0.131 e. The van der Waals surface area contributed by atoms with Crippen molar-refractivity contribution in [3.05, 3.63) is 53.6 Å². The van der Waals surface area contributed by atoms with Crippen LogP contribution in [0.1, 0.15) is 30.9 Å². The lowest BCUT2D eigenvalue weighted by molar-refractivity contribution is 0.306. The monoisotopic (exact) mass is 308 g/mol. The molecule has 0 aliphatic carbocycles. The number of nitrogens with zero attached hydrogens (tertiary/aromatic N) is 2. The van der Waals surface area contributed by atoms with Crippen molar-refractivity contribution >= 4 is 11.9 Å². The zero-order valence-electron chi connectivity index (χ0n) is 13.5. The van der Waals surface area contributed by atoms with Crippen LogP contribution in [0.3, 0.4) is 0 Å². The van der Waals surface area contributed by atoms with E-state index in [0.717, 1.165) is 35.6 Å². The maximum absolute atomic E-state index is 8.81. The molecule has 0 fully saturated rings. The Labute approximate surface area is 137 Å². The van der Waals surface area contributed by atoms with Crippen molar-refractivity contribution in [2.45, 2.75) is 19.8 Å². The van der Waals surface area contributed by atoms with Gasteiger partial charge in [-0.15, -0.1) is 0 Å². The summed E-state index contributed by atoms with van der Waals surface area (Å²) in [5, 5.41) is 8.81. The van der Waals surface area contributed by atoms with E-state index in [4.69, 9.17) is 14.7 Å². The lowest BCUT2D eigenvalue weighted by Gasteiger charge is -2.10. The van der Waals surface area contributed by atoms with Gasteiger partial charge in [-0.2, -0.15) is 5.26 Å². The third-order valence-electron chi connectivity index (χ3n) is 3.33. The number of hydrogen-bond acceptors (Lipinski definition) is 4. The average Bonchev–Trinajstić information content (AvgIpc) is 2.61. The molecule has 4 heteroatoms. The van der Waals surface area contributed by atoms with Gasteiger partial charge >= 0.3 is 0 Å². The van der Waals surface area contributed by atoms with Crippen molar-refractivity contribution in [3.63, 3.8) is 0 Å². The van der Waals surface area contributed by atoms with Crippen molar-refractivity contribution in [1.82, 2.24) is 0 Å². The predicted molar refractivity (Wildman–Crippen MR) is 91.8 cm³/mol. The number of aliphatic imine (C=N–C) groups is 1. The Bertz CT molecular complexity index is 700. The molecule has 0 aliphatic rings. The molecule has 0 spiro atoms. The minimum atomic E-state index is 0.622. The fraction of sp³-hybridized carbons (Fsp3) is 0.263. The fourth-order valence-electron chi connectivity index (χ4n) is 1.97. The highest BCUT2D eigenvalue weighted by molar-refractivity contribution is 5.85. The lowest BCUT2D eigenvalue weighted by Crippen LogP contribution is -2.00. The molecule has 0 heterocycles. The topological polar surface area (TPSA) is 54.6 Å². The molecule has 0 aliphatic heterocycles. The van der Waals surface area contributed by atoms with Crippen LogP contribution < -0.4 is 9.47 Å². The number of methoxy groups -OCH3 is 1. The zero-order valence-corrected chi connectivity index (χ0v) is 13.5. The summed E-state index contributed by atoms with van der Waals surface area (Å²) in [4.78, 5) is 4.44. The summed E-state index contributed by atoms with van der Waals surface area (Å²) in [6.45, 7) is 2.80. The molecule has 0 atom stereocenters. The summed E-state index contributed by atoms with van der Waals surface area (Å²) in [5.74, 6) is 1.52. The molecular formula is C19H20N2O2. The van der Waals surface area contributed by atoms with Crippen LogP contribution in [0, 0.1) is 11.3 Å². The summed E-state index contributed by atoms with van der Waals surface area (Å²) in [6, 6.07) is 14.9. The Morgan fingerprint density at radius 1 is 1.17 bits per heavy atom. The van der Waals surface area contributed by atoms with E-state index in [1.54, 1.807) is 25.5 Å². The van der Waals surface area contributed by atoms with Gasteiger partial charge in [0, 0.05) is 17.8 Å². The van der Waals surface area contributed by atoms with E-state index >= 15 is 0 Å². The Morgan fingerprint density at radius 3 is 2.61 bits per heavy atom. The van der Waals surface area contributed by atoms with Crippen LogP contribution in [0.4, 0.5) is 5.69 Å². The van der Waals surface area contributed by atoms with Crippen molar-refractivity contribution in [2.75, 3.05) is 13.7 Å². The first-order valence-electron chi connectivity index (χ1n) is 7.62. The number of hydrogen-bond donors (Lipinski definition) is 0. The molecule has 0 radical (unpaired) electrons. The largest absolute Gasteiger partial charge is 0.497 e. The van der Waals surface area contributed by atoms with Crippen LogP contribution in [0.2, 0.25) is 0 Å². The summed E-state index contributed by atoms with van der Waals surface area (Å²) < 4.78 is 11.1. The molecule has 0 N–H and O–H groups in total. The summed E-state index contributed by atoms with van der Waals surface area (Å²) in [7, 11) is 1.63. The van der Waals surface area contributed by atoms with Crippen LogP contribution in [0.5, 0.6) is 11.5 Å². The smallest absolute Gasteiger partial charge is 0.131 e. The Kier molecular flexibility index (Phi) is 6.19. The maximum atomic E-state index is 8.81. The molecule has 0 saturated carbocycles. The molecule has 118 valence electrons. The highest BCUT2D eigenvalue weighted by Gasteiger charge is 2.04. The highest BCUT2D eigenvalue weighted by atomic mass is 16.5. The standard InChI is InChI=1S/C19H20N2O2/c1-3-4-11-23-19-12-18(22-2)10-7-16(19)14-21-17-8-5-15(13-20)6-9-17/h5-10,12,14H,3-4,11H2,1-2H3/b21-14+. The van der Waals surface area contributed by atoms with E-state index in [9.17, 15) is 0 Å². The Morgan fingerprint density at radius 2 is 1.96 bits per heavy atom. The van der Waals surface area contributed by atoms with Gasteiger partial charge in [0.1, 0.15) is 11.5 Å². The Balaban J connectivity index is 2.19.